The van der Waals surface area contributed by atoms with E-state index in [0.29, 0.717) is 11.7 Å². The molecule has 0 unspecified atom stereocenters. The smallest absolute Gasteiger partial charge is 0.328 e. The highest BCUT2D eigenvalue weighted by Crippen LogP contribution is 2.24. The number of aromatic nitrogens is 4. The summed E-state index contributed by atoms with van der Waals surface area (Å²) >= 11 is 3.34. The summed E-state index contributed by atoms with van der Waals surface area (Å²) in [7, 11) is 0. The van der Waals surface area contributed by atoms with Crippen molar-refractivity contribution in [2.75, 3.05) is 23.4 Å². The molecule has 2 aromatic heterocycles. The summed E-state index contributed by atoms with van der Waals surface area (Å²) in [6, 6.07) is 1.96. The Morgan fingerprint density at radius 2 is 2.00 bits per heavy atom. The highest BCUT2D eigenvalue weighted by Gasteiger charge is 2.18. The van der Waals surface area contributed by atoms with E-state index in [1.54, 1.807) is 18.5 Å². The second kappa shape index (κ2) is 6.19. The van der Waals surface area contributed by atoms with Crippen LogP contribution in [0.2, 0.25) is 0 Å². The van der Waals surface area contributed by atoms with Gasteiger partial charge in [0.1, 0.15) is 0 Å². The molecule has 3 rings (SSSR count). The molecule has 8 nitrogen and oxygen atoms in total. The van der Waals surface area contributed by atoms with Gasteiger partial charge in [-0.15, -0.1) is 0 Å². The first-order chi connectivity index (χ1) is 10.2. The molecule has 0 saturated carbocycles. The van der Waals surface area contributed by atoms with E-state index in [1.165, 1.54) is 0 Å². The maximum atomic E-state index is 5.62. The number of pyridine rings is 1. The number of halogens is 1. The molecule has 2 aromatic rings. The number of nitrogen functional groups attached to an aromatic ring is 1. The molecule has 0 bridgehead atoms. The summed E-state index contributed by atoms with van der Waals surface area (Å²) in [6.45, 7) is 1.85. The van der Waals surface area contributed by atoms with Crippen molar-refractivity contribution in [1.82, 2.24) is 19.9 Å². The minimum Gasteiger partial charge on any atom is -0.422 e. The number of anilines is 2. The zero-order chi connectivity index (χ0) is 14.7. The van der Waals surface area contributed by atoms with Gasteiger partial charge in [0, 0.05) is 23.8 Å². The van der Waals surface area contributed by atoms with Crippen molar-refractivity contribution >= 4 is 27.8 Å². The fourth-order valence-electron chi connectivity index (χ4n) is 2.07. The summed E-state index contributed by atoms with van der Waals surface area (Å²) in [5.41, 5.74) is 2.43. The van der Waals surface area contributed by atoms with Gasteiger partial charge in [-0.25, -0.2) is 5.84 Å². The normalized spacial score (nSPS) is 14.3. The van der Waals surface area contributed by atoms with Crippen LogP contribution in [0.25, 0.3) is 0 Å². The minimum atomic E-state index is 0.180. The van der Waals surface area contributed by atoms with Crippen molar-refractivity contribution in [2.24, 2.45) is 5.84 Å². The van der Waals surface area contributed by atoms with E-state index >= 15 is 0 Å². The first kappa shape index (κ1) is 14.0. The minimum absolute atomic E-state index is 0.180. The molecular weight excluding hydrogens is 338 g/mol. The number of nitrogens with one attached hydrogen (secondary N) is 1. The van der Waals surface area contributed by atoms with Gasteiger partial charge >= 0.3 is 6.01 Å². The molecule has 1 aliphatic heterocycles. The average molecular weight is 352 g/mol. The maximum Gasteiger partial charge on any atom is 0.328 e. The first-order valence-electron chi connectivity index (χ1n) is 6.50. The van der Waals surface area contributed by atoms with Crippen molar-refractivity contribution in [1.29, 1.82) is 0 Å². The van der Waals surface area contributed by atoms with Crippen LogP contribution in [0.5, 0.6) is 11.8 Å². The zero-order valence-electron chi connectivity index (χ0n) is 11.2. The topological polar surface area (TPSA) is 102 Å². The highest BCUT2D eigenvalue weighted by molar-refractivity contribution is 9.10. The van der Waals surface area contributed by atoms with Crippen LogP contribution in [0.15, 0.2) is 22.9 Å². The average Bonchev–Trinajstić information content (AvgIpc) is 3.01. The quantitative estimate of drug-likeness (QED) is 0.633. The molecule has 1 aliphatic rings. The third-order valence-electron chi connectivity index (χ3n) is 3.01. The van der Waals surface area contributed by atoms with Gasteiger partial charge < -0.3 is 9.64 Å². The lowest BCUT2D eigenvalue weighted by atomic mass is 10.4. The number of hydrogen-bond acceptors (Lipinski definition) is 8. The molecule has 1 saturated heterocycles. The summed E-state index contributed by atoms with van der Waals surface area (Å²) in [5, 5.41) is 0. The Morgan fingerprint density at radius 3 is 2.71 bits per heavy atom. The van der Waals surface area contributed by atoms with Crippen molar-refractivity contribution < 1.29 is 4.74 Å². The lowest BCUT2D eigenvalue weighted by Crippen LogP contribution is -2.22. The van der Waals surface area contributed by atoms with Gasteiger partial charge in [0.25, 0.3) is 0 Å². The number of rotatable bonds is 4. The summed E-state index contributed by atoms with van der Waals surface area (Å²) in [4.78, 5) is 18.8. The fraction of sp³-hybridized carbons (Fsp3) is 0.333. The monoisotopic (exact) mass is 351 g/mol. The zero-order valence-corrected chi connectivity index (χ0v) is 12.7. The van der Waals surface area contributed by atoms with Crippen LogP contribution in [0.4, 0.5) is 11.9 Å². The van der Waals surface area contributed by atoms with Crippen LogP contribution in [0, 0.1) is 0 Å². The third-order valence-corrected chi connectivity index (χ3v) is 3.44. The van der Waals surface area contributed by atoms with Gasteiger partial charge in [-0.1, -0.05) is 0 Å². The predicted octanol–water partition coefficient (Wildman–Crippen LogP) is 1.71. The molecule has 0 spiro atoms. The van der Waals surface area contributed by atoms with Crippen LogP contribution in [-0.2, 0) is 0 Å². The van der Waals surface area contributed by atoms with Crippen LogP contribution < -0.4 is 20.9 Å². The molecule has 9 heteroatoms. The largest absolute Gasteiger partial charge is 0.422 e. The van der Waals surface area contributed by atoms with Crippen LogP contribution in [0.3, 0.4) is 0 Å². The van der Waals surface area contributed by atoms with Gasteiger partial charge in [-0.2, -0.15) is 15.0 Å². The lowest BCUT2D eigenvalue weighted by molar-refractivity contribution is 0.438. The summed E-state index contributed by atoms with van der Waals surface area (Å²) in [6.07, 6.45) is 5.51. The van der Waals surface area contributed by atoms with E-state index in [2.05, 4.69) is 46.2 Å². The van der Waals surface area contributed by atoms with E-state index < -0.39 is 0 Å². The molecule has 0 atom stereocenters. The van der Waals surface area contributed by atoms with Crippen LogP contribution in [0.1, 0.15) is 12.8 Å². The number of hydrogen-bond donors (Lipinski definition) is 2. The maximum absolute atomic E-state index is 5.62. The van der Waals surface area contributed by atoms with E-state index in [0.717, 1.165) is 30.4 Å². The number of hydrazine groups is 1. The van der Waals surface area contributed by atoms with Gasteiger partial charge in [0.15, 0.2) is 5.75 Å². The van der Waals surface area contributed by atoms with Gasteiger partial charge in [-0.3, -0.25) is 10.4 Å². The Balaban J connectivity index is 1.88. The van der Waals surface area contributed by atoms with Crippen molar-refractivity contribution in [3.63, 3.8) is 0 Å². The van der Waals surface area contributed by atoms with Gasteiger partial charge in [0.05, 0.1) is 6.20 Å². The summed E-state index contributed by atoms with van der Waals surface area (Å²) < 4.78 is 6.44. The molecule has 1 fully saturated rings. The van der Waals surface area contributed by atoms with Gasteiger partial charge in [0.2, 0.25) is 11.9 Å². The SMILES string of the molecule is NNc1nc(Oc2cncc(Br)c2)nc(N2CCCC2)n1. The number of nitrogens with two attached hydrogens (primary N) is 1. The molecule has 3 N–H and O–H groups in total. The van der Waals surface area contributed by atoms with Crippen molar-refractivity contribution in [2.45, 2.75) is 12.8 Å². The fourth-order valence-corrected chi connectivity index (χ4v) is 2.41. The molecule has 0 radical (unpaired) electrons. The van der Waals surface area contributed by atoms with Gasteiger partial charge in [-0.05, 0) is 34.8 Å². The van der Waals surface area contributed by atoms with Crippen LogP contribution >= 0.6 is 15.9 Å². The van der Waals surface area contributed by atoms with Crippen LogP contribution in [-0.4, -0.2) is 33.0 Å². The van der Waals surface area contributed by atoms with E-state index in [1.807, 2.05) is 0 Å². The van der Waals surface area contributed by atoms with Crippen molar-refractivity contribution in [3.8, 4) is 11.8 Å². The standard InChI is InChI=1S/C12H14BrN7O/c13-8-5-9(7-15-6-8)21-12-17-10(19-14)16-11(18-12)20-3-1-2-4-20/h5-7H,1-4,14H2,(H,16,17,18,19). The second-order valence-electron chi connectivity index (χ2n) is 4.52. The van der Waals surface area contributed by atoms with E-state index in [-0.39, 0.29) is 12.0 Å². The molecular formula is C12H14BrN7O. The molecule has 3 heterocycles. The number of ether oxygens (including phenoxy) is 1. The Kier molecular flexibility index (Phi) is 4.11. The Bertz CT molecular complexity index is 633. The predicted molar refractivity (Wildman–Crippen MR) is 81.1 cm³/mol. The molecule has 0 amide bonds. The Morgan fingerprint density at radius 1 is 1.19 bits per heavy atom. The first-order valence-corrected chi connectivity index (χ1v) is 7.30. The molecule has 0 aliphatic carbocycles. The Hall–Kier alpha value is -2.00. The molecule has 21 heavy (non-hydrogen) atoms. The second-order valence-corrected chi connectivity index (χ2v) is 5.44. The Labute approximate surface area is 129 Å². The van der Waals surface area contributed by atoms with Crippen molar-refractivity contribution in [3.05, 3.63) is 22.9 Å². The van der Waals surface area contributed by atoms with E-state index in [9.17, 15) is 0 Å². The molecule has 0 aromatic carbocycles. The van der Waals surface area contributed by atoms with E-state index in [4.69, 9.17) is 10.6 Å². The summed E-state index contributed by atoms with van der Waals surface area (Å²) in [5.74, 6) is 6.77. The lowest BCUT2D eigenvalue weighted by Gasteiger charge is -2.16. The molecule has 110 valence electrons. The number of nitrogens with zero attached hydrogens (tertiary/aromatic N) is 5. The highest BCUT2D eigenvalue weighted by atomic mass is 79.9. The third kappa shape index (κ3) is 3.37.